The molecule has 0 aliphatic carbocycles. The molecule has 0 bridgehead atoms. The van der Waals surface area contributed by atoms with Crippen LogP contribution in [0.15, 0.2) is 55.5 Å². The van der Waals surface area contributed by atoms with Crippen LogP contribution in [0.1, 0.15) is 25.8 Å². The number of nitrogens with one attached hydrogen (secondary N) is 1. The van der Waals surface area contributed by atoms with Crippen LogP contribution in [0, 0.1) is 17.4 Å². The minimum Gasteiger partial charge on any atom is -0.506 e. The number of aromatic nitrogens is 1. The summed E-state index contributed by atoms with van der Waals surface area (Å²) in [6.07, 6.45) is 3.78. The largest absolute Gasteiger partial charge is 0.506 e. The van der Waals surface area contributed by atoms with Crippen LogP contribution in [-0.4, -0.2) is 49.3 Å². The van der Waals surface area contributed by atoms with Crippen molar-refractivity contribution >= 4 is 44.5 Å². The molecular formula is C25H26N6O5S. The number of anilines is 1. The fourth-order valence-electron chi connectivity index (χ4n) is 3.88. The smallest absolute Gasteiger partial charge is 0.292 e. The lowest BCUT2D eigenvalue weighted by molar-refractivity contribution is 0.474. The van der Waals surface area contributed by atoms with Gasteiger partial charge in [0.05, 0.1) is 23.2 Å². The summed E-state index contributed by atoms with van der Waals surface area (Å²) in [4.78, 5) is 19.6. The number of hydrogen-bond donors (Lipinski definition) is 2. The Hall–Kier alpha value is -4.37. The molecule has 0 spiro atoms. The highest BCUT2D eigenvalue weighted by atomic mass is 32.2. The fourth-order valence-corrected chi connectivity index (χ4v) is 5.02. The van der Waals surface area contributed by atoms with E-state index in [9.17, 15) is 18.3 Å². The maximum absolute atomic E-state index is 13.7. The van der Waals surface area contributed by atoms with Crippen LogP contribution in [-0.2, 0) is 16.6 Å². The van der Waals surface area contributed by atoms with Crippen molar-refractivity contribution in [2.45, 2.75) is 31.7 Å². The highest BCUT2D eigenvalue weighted by molar-refractivity contribution is 7.90. The van der Waals surface area contributed by atoms with Crippen LogP contribution < -0.4 is 15.6 Å². The van der Waals surface area contributed by atoms with Crippen LogP contribution >= 0.6 is 0 Å². The van der Waals surface area contributed by atoms with Crippen LogP contribution in [0.3, 0.4) is 0 Å². The summed E-state index contributed by atoms with van der Waals surface area (Å²) in [5.41, 5.74) is 0.319. The predicted octanol–water partition coefficient (Wildman–Crippen LogP) is 3.40. The number of nitrogens with zero attached hydrogens (tertiary/aromatic N) is 5. The van der Waals surface area contributed by atoms with Gasteiger partial charge in [0.15, 0.2) is 5.84 Å². The van der Waals surface area contributed by atoms with E-state index in [1.54, 1.807) is 29.4 Å². The Bertz CT molecular complexity index is 1650. The summed E-state index contributed by atoms with van der Waals surface area (Å²) >= 11 is 0. The van der Waals surface area contributed by atoms with Gasteiger partial charge in [0.2, 0.25) is 0 Å². The molecule has 0 amide bonds. The third kappa shape index (κ3) is 5.12. The van der Waals surface area contributed by atoms with E-state index >= 15 is 0 Å². The topological polar surface area (TPSA) is 149 Å². The van der Waals surface area contributed by atoms with E-state index in [0.29, 0.717) is 35.5 Å². The number of fused-ring (bicyclic) bond motifs is 2. The fraction of sp³-hybridized carbons (Fsp3) is 0.280. The average Bonchev–Trinajstić information content (AvgIpc) is 2.83. The van der Waals surface area contributed by atoms with Crippen molar-refractivity contribution in [2.75, 3.05) is 19.4 Å². The molecule has 0 unspecified atom stereocenters. The monoisotopic (exact) mass is 522 g/mol. The van der Waals surface area contributed by atoms with Crippen molar-refractivity contribution in [1.82, 2.24) is 9.47 Å². The van der Waals surface area contributed by atoms with E-state index in [2.05, 4.69) is 14.7 Å². The predicted molar refractivity (Wildman–Crippen MR) is 141 cm³/mol. The second-order valence-electron chi connectivity index (χ2n) is 9.16. The minimum atomic E-state index is -4.28. The molecule has 1 aromatic heterocycles. The molecule has 3 aromatic rings. The Morgan fingerprint density at radius 2 is 2.03 bits per heavy atom. The number of rotatable bonds is 7. The summed E-state index contributed by atoms with van der Waals surface area (Å²) in [7, 11) is -0.637. The highest BCUT2D eigenvalue weighted by Crippen LogP contribution is 2.35. The zero-order valence-electron chi connectivity index (χ0n) is 20.8. The lowest BCUT2D eigenvalue weighted by atomic mass is 10.1. The Balaban J connectivity index is 1.94. The van der Waals surface area contributed by atoms with Gasteiger partial charge in [-0.3, -0.25) is 4.79 Å². The first-order valence-electron chi connectivity index (χ1n) is 11.4. The van der Waals surface area contributed by atoms with E-state index in [1.165, 1.54) is 23.0 Å². The van der Waals surface area contributed by atoms with E-state index in [-0.39, 0.29) is 27.7 Å². The molecule has 12 heteroatoms. The van der Waals surface area contributed by atoms with Gasteiger partial charge < -0.3 is 24.6 Å². The number of nitriles is 1. The maximum Gasteiger partial charge on any atom is 0.292 e. The van der Waals surface area contributed by atoms with Gasteiger partial charge in [-0.1, -0.05) is 13.8 Å². The normalized spacial score (nSPS) is 14.2. The lowest BCUT2D eigenvalue weighted by Gasteiger charge is -2.21. The average molecular weight is 523 g/mol. The van der Waals surface area contributed by atoms with Crippen LogP contribution in [0.25, 0.3) is 10.9 Å². The third-order valence-electron chi connectivity index (χ3n) is 5.69. The summed E-state index contributed by atoms with van der Waals surface area (Å²) in [5.74, 6) is -0.380. The number of hydrogen-bond acceptors (Lipinski definition) is 8. The number of aliphatic imine (C=N–C) groups is 1. The quantitative estimate of drug-likeness (QED) is 0.272. The molecule has 37 heavy (non-hydrogen) atoms. The summed E-state index contributed by atoms with van der Waals surface area (Å²) < 4.78 is 36.1. The molecule has 2 heterocycles. The van der Waals surface area contributed by atoms with Gasteiger partial charge >= 0.3 is 0 Å². The van der Waals surface area contributed by atoms with Crippen molar-refractivity contribution < 1.29 is 18.3 Å². The zero-order chi connectivity index (χ0) is 26.9. The molecule has 1 aliphatic heterocycles. The van der Waals surface area contributed by atoms with Gasteiger partial charge in [-0.05, 0) is 42.7 Å². The van der Waals surface area contributed by atoms with Crippen molar-refractivity contribution in [2.24, 2.45) is 15.3 Å². The number of sulfonamides is 1. The molecule has 0 saturated heterocycles. The highest BCUT2D eigenvalue weighted by Gasteiger charge is 2.30. The summed E-state index contributed by atoms with van der Waals surface area (Å²) in [6, 6.07) is 9.06. The van der Waals surface area contributed by atoms with E-state index in [4.69, 9.17) is 10.00 Å². The van der Waals surface area contributed by atoms with Crippen molar-refractivity contribution in [1.29, 1.82) is 5.26 Å². The molecule has 0 radical (unpaired) electrons. The molecule has 11 nitrogen and oxygen atoms in total. The van der Waals surface area contributed by atoms with Crippen LogP contribution in [0.2, 0.25) is 0 Å². The number of pyridine rings is 1. The van der Waals surface area contributed by atoms with E-state index < -0.39 is 21.3 Å². The van der Waals surface area contributed by atoms with Crippen LogP contribution in [0.4, 0.5) is 11.4 Å². The number of amidine groups is 1. The summed E-state index contributed by atoms with van der Waals surface area (Å²) in [6.45, 7) is 4.42. The Kier molecular flexibility index (Phi) is 6.91. The van der Waals surface area contributed by atoms with Gasteiger partial charge in [0, 0.05) is 32.1 Å². The maximum atomic E-state index is 13.7. The van der Waals surface area contributed by atoms with E-state index in [0.717, 1.165) is 6.07 Å². The molecule has 0 saturated carbocycles. The Labute approximate surface area is 214 Å². The molecule has 1 aliphatic rings. The number of aryl methyl sites for hydroxylation is 1. The molecule has 2 aromatic carbocycles. The molecule has 2 N–H and O–H groups in total. The number of benzene rings is 2. The number of ether oxygens (including phenoxy) is 1. The molecule has 0 fully saturated rings. The van der Waals surface area contributed by atoms with Gasteiger partial charge in [-0.25, -0.2) is 4.99 Å². The van der Waals surface area contributed by atoms with Gasteiger partial charge in [0.1, 0.15) is 22.0 Å². The first kappa shape index (κ1) is 25.7. The third-order valence-corrected chi connectivity index (χ3v) is 7.00. The minimum absolute atomic E-state index is 0.0284. The first-order valence-corrected chi connectivity index (χ1v) is 12.9. The molecule has 0 atom stereocenters. The number of aromatic hydroxyl groups is 1. The lowest BCUT2D eigenvalue weighted by Crippen LogP contribution is -2.33. The first-order chi connectivity index (χ1) is 17.5. The standard InChI is InChI=1S/C25H26N6O5S/c1-15(2)9-10-31-20-8-5-16(27-14-30(3)4)11-18(20)23(32)22(25(31)33)24-28-19-7-6-17(36-13-26)12-21(19)37(34,35)29-24/h5-8,11-12,14-15,32H,9-10H2,1-4H3,(H,28,29). The van der Waals surface area contributed by atoms with Gasteiger partial charge in [-0.2, -0.15) is 8.42 Å². The Morgan fingerprint density at radius 3 is 2.70 bits per heavy atom. The van der Waals surface area contributed by atoms with Crippen LogP contribution in [0.5, 0.6) is 11.5 Å². The second kappa shape index (κ2) is 9.94. The second-order valence-corrected chi connectivity index (χ2v) is 10.7. The molecular weight excluding hydrogens is 496 g/mol. The summed E-state index contributed by atoms with van der Waals surface area (Å²) in [5, 5.41) is 23.2. The van der Waals surface area contributed by atoms with Crippen molar-refractivity contribution in [3.05, 3.63) is 52.3 Å². The molecule has 4 rings (SSSR count). The SMILES string of the molecule is CC(C)CCn1c(=O)c(C2=NS(=O)(=O)c3cc(OC#N)ccc3N2)c(O)c2cc(N=CN(C)C)ccc21. The van der Waals surface area contributed by atoms with Crippen molar-refractivity contribution in [3.63, 3.8) is 0 Å². The van der Waals surface area contributed by atoms with Gasteiger partial charge in [0.25, 0.3) is 21.8 Å². The van der Waals surface area contributed by atoms with Gasteiger partial charge in [-0.15, -0.1) is 9.66 Å². The zero-order valence-corrected chi connectivity index (χ0v) is 21.6. The molecule has 192 valence electrons. The Morgan fingerprint density at radius 1 is 1.27 bits per heavy atom. The van der Waals surface area contributed by atoms with Crippen molar-refractivity contribution in [3.8, 4) is 17.8 Å². The van der Waals surface area contributed by atoms with E-state index in [1.807, 2.05) is 27.9 Å².